The first-order chi connectivity index (χ1) is 8.04. The number of hydrogen-bond acceptors (Lipinski definition) is 2. The van der Waals surface area contributed by atoms with Crippen molar-refractivity contribution in [2.24, 2.45) is 0 Å². The summed E-state index contributed by atoms with van der Waals surface area (Å²) >= 11 is 0. The van der Waals surface area contributed by atoms with Crippen LogP contribution in [0.2, 0.25) is 0 Å². The van der Waals surface area contributed by atoms with Gasteiger partial charge in [-0.3, -0.25) is 0 Å². The molecule has 0 saturated carbocycles. The molecule has 0 aliphatic carbocycles. The lowest BCUT2D eigenvalue weighted by atomic mass is 10.1. The first-order valence-corrected chi connectivity index (χ1v) is 5.89. The number of phenols is 1. The second kappa shape index (κ2) is 4.24. The molecule has 0 saturated heterocycles. The van der Waals surface area contributed by atoms with Crippen molar-refractivity contribution in [2.75, 3.05) is 0 Å². The minimum atomic E-state index is 0.325. The predicted molar refractivity (Wildman–Crippen MR) is 68.8 cm³/mol. The third-order valence-electron chi connectivity index (χ3n) is 3.22. The third kappa shape index (κ3) is 1.93. The van der Waals surface area contributed by atoms with Gasteiger partial charge in [-0.25, -0.2) is 4.68 Å². The van der Waals surface area contributed by atoms with E-state index >= 15 is 0 Å². The highest BCUT2D eigenvalue weighted by molar-refractivity contribution is 5.44. The van der Waals surface area contributed by atoms with Gasteiger partial charge in [-0.1, -0.05) is 6.92 Å². The molecule has 17 heavy (non-hydrogen) atoms. The van der Waals surface area contributed by atoms with Gasteiger partial charge in [-0.05, 0) is 56.5 Å². The Balaban J connectivity index is 2.57. The van der Waals surface area contributed by atoms with E-state index < -0.39 is 0 Å². The lowest BCUT2D eigenvalue weighted by Crippen LogP contribution is -1.99. The molecular weight excluding hydrogens is 212 g/mol. The van der Waals surface area contributed by atoms with Crippen LogP contribution in [-0.2, 0) is 6.42 Å². The zero-order chi connectivity index (χ0) is 12.6. The molecule has 1 heterocycles. The van der Waals surface area contributed by atoms with Gasteiger partial charge in [-0.2, -0.15) is 5.10 Å². The van der Waals surface area contributed by atoms with Crippen LogP contribution in [0.4, 0.5) is 0 Å². The van der Waals surface area contributed by atoms with E-state index in [1.165, 1.54) is 11.3 Å². The van der Waals surface area contributed by atoms with E-state index in [1.807, 2.05) is 30.7 Å². The van der Waals surface area contributed by atoms with E-state index in [0.717, 1.165) is 23.4 Å². The van der Waals surface area contributed by atoms with Gasteiger partial charge < -0.3 is 5.11 Å². The number of hydrogen-bond donors (Lipinski definition) is 1. The van der Waals surface area contributed by atoms with Crippen LogP contribution in [0.25, 0.3) is 5.69 Å². The van der Waals surface area contributed by atoms with Crippen molar-refractivity contribution < 1.29 is 5.11 Å². The fourth-order valence-electron chi connectivity index (χ4n) is 2.21. The quantitative estimate of drug-likeness (QED) is 0.861. The summed E-state index contributed by atoms with van der Waals surface area (Å²) in [6, 6.07) is 5.56. The van der Waals surface area contributed by atoms with Gasteiger partial charge in [0.1, 0.15) is 5.75 Å². The monoisotopic (exact) mass is 230 g/mol. The van der Waals surface area contributed by atoms with E-state index in [4.69, 9.17) is 0 Å². The molecule has 0 unspecified atom stereocenters. The largest absolute Gasteiger partial charge is 0.508 e. The van der Waals surface area contributed by atoms with E-state index in [9.17, 15) is 5.11 Å². The molecule has 0 amide bonds. The van der Waals surface area contributed by atoms with Gasteiger partial charge >= 0.3 is 0 Å². The second-order valence-corrected chi connectivity index (χ2v) is 4.39. The number of aromatic nitrogens is 2. The minimum absolute atomic E-state index is 0.325. The molecule has 0 atom stereocenters. The van der Waals surface area contributed by atoms with Crippen LogP contribution in [0.3, 0.4) is 0 Å². The SMILES string of the molecule is CCc1c(C)nn(-c2ccc(O)c(C)c2)c1C. The molecule has 0 aliphatic rings. The number of phenolic OH excluding ortho intramolecular Hbond substituents is 1. The third-order valence-corrected chi connectivity index (χ3v) is 3.22. The van der Waals surface area contributed by atoms with Crippen LogP contribution >= 0.6 is 0 Å². The summed E-state index contributed by atoms with van der Waals surface area (Å²) < 4.78 is 1.95. The molecule has 0 radical (unpaired) electrons. The van der Waals surface area contributed by atoms with Gasteiger partial charge in [0, 0.05) is 5.69 Å². The molecule has 0 spiro atoms. The first-order valence-electron chi connectivity index (χ1n) is 5.89. The average molecular weight is 230 g/mol. The molecular formula is C14H18N2O. The molecule has 2 aromatic rings. The van der Waals surface area contributed by atoms with Crippen molar-refractivity contribution >= 4 is 0 Å². The molecule has 0 fully saturated rings. The molecule has 1 aromatic heterocycles. The molecule has 1 N–H and O–H groups in total. The molecule has 2 rings (SSSR count). The number of rotatable bonds is 2. The van der Waals surface area contributed by atoms with Crippen LogP contribution in [0.1, 0.15) is 29.4 Å². The Morgan fingerprint density at radius 2 is 1.94 bits per heavy atom. The zero-order valence-electron chi connectivity index (χ0n) is 10.8. The maximum atomic E-state index is 9.54. The van der Waals surface area contributed by atoms with E-state index in [-0.39, 0.29) is 0 Å². The molecule has 1 aromatic carbocycles. The normalized spacial score (nSPS) is 10.8. The fourth-order valence-corrected chi connectivity index (χ4v) is 2.21. The maximum Gasteiger partial charge on any atom is 0.118 e. The zero-order valence-corrected chi connectivity index (χ0v) is 10.8. The Morgan fingerprint density at radius 3 is 2.47 bits per heavy atom. The van der Waals surface area contributed by atoms with E-state index in [2.05, 4.69) is 18.9 Å². The lowest BCUT2D eigenvalue weighted by molar-refractivity contribution is 0.471. The number of nitrogens with zero attached hydrogens (tertiary/aromatic N) is 2. The standard InChI is InChI=1S/C14H18N2O/c1-5-13-10(3)15-16(11(13)4)12-6-7-14(17)9(2)8-12/h6-8,17H,5H2,1-4H3. The maximum absolute atomic E-state index is 9.54. The van der Waals surface area contributed by atoms with Crippen molar-refractivity contribution in [1.29, 1.82) is 0 Å². The average Bonchev–Trinajstić information content (AvgIpc) is 2.58. The highest BCUT2D eigenvalue weighted by Gasteiger charge is 2.11. The Morgan fingerprint density at radius 1 is 1.24 bits per heavy atom. The van der Waals surface area contributed by atoms with Gasteiger partial charge in [0.25, 0.3) is 0 Å². The Hall–Kier alpha value is -1.77. The molecule has 0 aliphatic heterocycles. The van der Waals surface area contributed by atoms with E-state index in [1.54, 1.807) is 6.07 Å². The van der Waals surface area contributed by atoms with Crippen molar-refractivity contribution in [3.8, 4) is 11.4 Å². The van der Waals surface area contributed by atoms with Crippen molar-refractivity contribution in [1.82, 2.24) is 9.78 Å². The van der Waals surface area contributed by atoms with Gasteiger partial charge in [0.15, 0.2) is 0 Å². The van der Waals surface area contributed by atoms with Crippen LogP contribution < -0.4 is 0 Å². The smallest absolute Gasteiger partial charge is 0.118 e. The van der Waals surface area contributed by atoms with Crippen LogP contribution in [-0.4, -0.2) is 14.9 Å². The summed E-state index contributed by atoms with van der Waals surface area (Å²) in [6.45, 7) is 8.16. The Labute approximate surface area is 102 Å². The fraction of sp³-hybridized carbons (Fsp3) is 0.357. The molecule has 3 nitrogen and oxygen atoms in total. The summed E-state index contributed by atoms with van der Waals surface area (Å²) in [6.07, 6.45) is 0.995. The highest BCUT2D eigenvalue weighted by Crippen LogP contribution is 2.22. The van der Waals surface area contributed by atoms with Crippen molar-refractivity contribution in [3.63, 3.8) is 0 Å². The van der Waals surface area contributed by atoms with Crippen molar-refractivity contribution in [3.05, 3.63) is 40.7 Å². The molecule has 0 bridgehead atoms. The van der Waals surface area contributed by atoms with Gasteiger partial charge in [-0.15, -0.1) is 0 Å². The number of benzene rings is 1. The minimum Gasteiger partial charge on any atom is -0.508 e. The van der Waals surface area contributed by atoms with Crippen LogP contribution in [0.15, 0.2) is 18.2 Å². The lowest BCUT2D eigenvalue weighted by Gasteiger charge is -2.07. The van der Waals surface area contributed by atoms with Crippen molar-refractivity contribution in [2.45, 2.75) is 34.1 Å². The van der Waals surface area contributed by atoms with Gasteiger partial charge in [0.05, 0.1) is 11.4 Å². The summed E-state index contributed by atoms with van der Waals surface area (Å²) in [5.41, 5.74) is 5.43. The van der Waals surface area contributed by atoms with Crippen LogP contribution in [0.5, 0.6) is 5.75 Å². The summed E-state index contributed by atoms with van der Waals surface area (Å²) in [5.74, 6) is 0.325. The summed E-state index contributed by atoms with van der Waals surface area (Å²) in [4.78, 5) is 0. The second-order valence-electron chi connectivity index (χ2n) is 4.39. The first kappa shape index (κ1) is 11.7. The number of aryl methyl sites for hydroxylation is 2. The Kier molecular flexibility index (Phi) is 2.92. The van der Waals surface area contributed by atoms with Gasteiger partial charge in [0.2, 0.25) is 0 Å². The Bertz CT molecular complexity index is 556. The topological polar surface area (TPSA) is 38.0 Å². The highest BCUT2D eigenvalue weighted by atomic mass is 16.3. The summed E-state index contributed by atoms with van der Waals surface area (Å²) in [7, 11) is 0. The van der Waals surface area contributed by atoms with E-state index in [0.29, 0.717) is 5.75 Å². The van der Waals surface area contributed by atoms with Crippen LogP contribution in [0, 0.1) is 20.8 Å². The molecule has 3 heteroatoms. The molecule has 90 valence electrons. The summed E-state index contributed by atoms with van der Waals surface area (Å²) in [5, 5.41) is 14.1. The number of aromatic hydroxyl groups is 1. The predicted octanol–water partition coefficient (Wildman–Crippen LogP) is 3.07.